The topological polar surface area (TPSA) is 29.1 Å². The van der Waals surface area contributed by atoms with E-state index in [0.717, 1.165) is 13.8 Å². The van der Waals surface area contributed by atoms with E-state index in [9.17, 15) is 9.18 Å². The fraction of sp³-hybridized carbons (Fsp3) is 0.267. The number of benzene rings is 1. The molecule has 0 bridgehead atoms. The maximum absolute atomic E-state index is 13.0. The molecule has 0 spiro atoms. The minimum atomic E-state index is -0.279. The molecule has 0 saturated heterocycles. The molecule has 0 fully saturated rings. The van der Waals surface area contributed by atoms with Crippen molar-refractivity contribution in [3.05, 3.63) is 54.8 Å². The van der Waals surface area contributed by atoms with Crippen LogP contribution in [0.1, 0.15) is 35.1 Å². The summed E-state index contributed by atoms with van der Waals surface area (Å²) in [5.41, 5.74) is 0.898. The maximum atomic E-state index is 13.0. The molecule has 1 N–H and O–H groups in total. The van der Waals surface area contributed by atoms with Crippen LogP contribution in [0.2, 0.25) is 0 Å². The highest BCUT2D eigenvalue weighted by Gasteiger charge is 2.20. The fourth-order valence-electron chi connectivity index (χ4n) is 1.98. The van der Waals surface area contributed by atoms with Crippen LogP contribution >= 0.6 is 43.2 Å². The quantitative estimate of drug-likeness (QED) is 0.672. The Morgan fingerprint density at radius 2 is 1.86 bits per heavy atom. The number of carbonyl (C=O) groups excluding carboxylic acids is 1. The van der Waals surface area contributed by atoms with Crippen LogP contribution in [0.25, 0.3) is 0 Å². The van der Waals surface area contributed by atoms with Gasteiger partial charge in [-0.05, 0) is 61.5 Å². The van der Waals surface area contributed by atoms with Crippen LogP contribution in [-0.2, 0) is 0 Å². The Labute approximate surface area is 144 Å². The van der Waals surface area contributed by atoms with Gasteiger partial charge in [0.15, 0.2) is 0 Å². The Morgan fingerprint density at radius 3 is 2.33 bits per heavy atom. The van der Waals surface area contributed by atoms with E-state index in [1.165, 1.54) is 23.5 Å². The summed E-state index contributed by atoms with van der Waals surface area (Å²) in [7, 11) is 0. The van der Waals surface area contributed by atoms with Crippen molar-refractivity contribution in [3.63, 3.8) is 0 Å². The van der Waals surface area contributed by atoms with Crippen molar-refractivity contribution in [2.75, 3.05) is 0 Å². The second-order valence-corrected chi connectivity index (χ2v) is 8.20. The summed E-state index contributed by atoms with van der Waals surface area (Å²) < 4.78 is 14.8. The molecule has 1 atom stereocenters. The number of nitrogens with one attached hydrogen (secondary N) is 1. The highest BCUT2D eigenvalue weighted by Crippen LogP contribution is 2.33. The second-order valence-electron chi connectivity index (χ2n) is 4.98. The van der Waals surface area contributed by atoms with Gasteiger partial charge in [0.05, 0.1) is 14.7 Å². The van der Waals surface area contributed by atoms with Crippen LogP contribution in [0.3, 0.4) is 0 Å². The molecular formula is C15H14Br2FNOS. The molecule has 0 aliphatic rings. The zero-order valence-electron chi connectivity index (χ0n) is 11.5. The van der Waals surface area contributed by atoms with E-state index in [-0.39, 0.29) is 23.7 Å². The second kappa shape index (κ2) is 7.03. The summed E-state index contributed by atoms with van der Waals surface area (Å²) in [6, 6.07) is 7.87. The third kappa shape index (κ3) is 4.14. The number of hydrogen-bond acceptors (Lipinski definition) is 2. The highest BCUT2D eigenvalue weighted by atomic mass is 79.9. The molecule has 2 rings (SSSR count). The van der Waals surface area contributed by atoms with Crippen molar-refractivity contribution < 1.29 is 9.18 Å². The van der Waals surface area contributed by atoms with Crippen LogP contribution in [0, 0.1) is 11.7 Å². The third-order valence-corrected chi connectivity index (χ3v) is 6.31. The molecule has 2 aromatic rings. The van der Waals surface area contributed by atoms with Crippen molar-refractivity contribution in [2.24, 2.45) is 5.92 Å². The van der Waals surface area contributed by atoms with Gasteiger partial charge in [0.25, 0.3) is 5.91 Å². The molecule has 1 aromatic heterocycles. The number of carbonyl (C=O) groups is 1. The van der Waals surface area contributed by atoms with E-state index in [0.29, 0.717) is 4.88 Å². The van der Waals surface area contributed by atoms with Crippen molar-refractivity contribution >= 4 is 49.1 Å². The van der Waals surface area contributed by atoms with E-state index in [4.69, 9.17) is 0 Å². The largest absolute Gasteiger partial charge is 0.344 e. The lowest BCUT2D eigenvalue weighted by atomic mass is 9.96. The van der Waals surface area contributed by atoms with Crippen molar-refractivity contribution in [1.82, 2.24) is 5.32 Å². The van der Waals surface area contributed by atoms with Gasteiger partial charge in [-0.25, -0.2) is 4.39 Å². The predicted octanol–water partition coefficient (Wildman–Crippen LogP) is 5.54. The van der Waals surface area contributed by atoms with Gasteiger partial charge in [0, 0.05) is 4.47 Å². The molecule has 21 heavy (non-hydrogen) atoms. The molecule has 0 aliphatic heterocycles. The monoisotopic (exact) mass is 433 g/mol. The molecule has 0 saturated carbocycles. The minimum Gasteiger partial charge on any atom is -0.344 e. The van der Waals surface area contributed by atoms with Gasteiger partial charge in [0.1, 0.15) is 5.82 Å². The summed E-state index contributed by atoms with van der Waals surface area (Å²) in [5.74, 6) is -0.209. The van der Waals surface area contributed by atoms with E-state index in [2.05, 4.69) is 37.2 Å². The van der Waals surface area contributed by atoms with Crippen LogP contribution < -0.4 is 5.32 Å². The summed E-state index contributed by atoms with van der Waals surface area (Å²) in [5, 5.41) is 3.02. The first-order chi connectivity index (χ1) is 9.88. The van der Waals surface area contributed by atoms with Gasteiger partial charge in [-0.2, -0.15) is 0 Å². The predicted molar refractivity (Wildman–Crippen MR) is 91.2 cm³/mol. The average molecular weight is 435 g/mol. The molecule has 1 heterocycles. The number of amides is 1. The lowest BCUT2D eigenvalue weighted by Gasteiger charge is -2.22. The molecule has 1 aromatic carbocycles. The molecule has 2 nitrogen and oxygen atoms in total. The van der Waals surface area contributed by atoms with Gasteiger partial charge in [0.2, 0.25) is 0 Å². The van der Waals surface area contributed by atoms with Gasteiger partial charge in [-0.1, -0.05) is 26.0 Å². The molecular weight excluding hydrogens is 421 g/mol. The summed E-state index contributed by atoms with van der Waals surface area (Å²) >= 11 is 8.13. The number of halogens is 3. The first-order valence-electron chi connectivity index (χ1n) is 6.39. The molecule has 0 aliphatic carbocycles. The zero-order chi connectivity index (χ0) is 15.6. The Morgan fingerprint density at radius 1 is 1.24 bits per heavy atom. The molecule has 0 radical (unpaired) electrons. The lowest BCUT2D eigenvalue weighted by molar-refractivity contribution is 0.0929. The average Bonchev–Trinajstić information content (AvgIpc) is 2.77. The molecule has 112 valence electrons. The Kier molecular flexibility index (Phi) is 5.57. The normalized spacial score (nSPS) is 12.5. The smallest absolute Gasteiger partial charge is 0.261 e. The van der Waals surface area contributed by atoms with Gasteiger partial charge in [-0.15, -0.1) is 11.3 Å². The lowest BCUT2D eigenvalue weighted by Crippen LogP contribution is -2.31. The maximum Gasteiger partial charge on any atom is 0.261 e. The van der Waals surface area contributed by atoms with E-state index < -0.39 is 0 Å². The Bertz CT molecular complexity index is 620. The standard InChI is InChI=1S/C15H14Br2FNOS/c1-8(2)13(9-3-5-10(18)6-4-9)19-15(20)12-7-11(16)14(17)21-12/h3-8,13H,1-2H3,(H,19,20). The first kappa shape index (κ1) is 16.6. The van der Waals surface area contributed by atoms with E-state index >= 15 is 0 Å². The van der Waals surface area contributed by atoms with Crippen molar-refractivity contribution in [2.45, 2.75) is 19.9 Å². The van der Waals surface area contributed by atoms with Crippen molar-refractivity contribution in [1.29, 1.82) is 0 Å². The van der Waals surface area contributed by atoms with Crippen LogP contribution in [0.15, 0.2) is 38.6 Å². The zero-order valence-corrected chi connectivity index (χ0v) is 15.5. The number of rotatable bonds is 4. The van der Waals surface area contributed by atoms with E-state index in [1.807, 2.05) is 13.8 Å². The fourth-order valence-corrected chi connectivity index (χ4v) is 3.91. The SMILES string of the molecule is CC(C)C(NC(=O)c1cc(Br)c(Br)s1)c1ccc(F)cc1. The number of hydrogen-bond donors (Lipinski definition) is 1. The third-order valence-electron chi connectivity index (χ3n) is 3.05. The summed E-state index contributed by atoms with van der Waals surface area (Å²) in [4.78, 5) is 13.0. The number of thiophene rings is 1. The van der Waals surface area contributed by atoms with Gasteiger partial charge >= 0.3 is 0 Å². The van der Waals surface area contributed by atoms with Crippen LogP contribution in [-0.4, -0.2) is 5.91 Å². The molecule has 1 amide bonds. The van der Waals surface area contributed by atoms with Crippen LogP contribution in [0.5, 0.6) is 0 Å². The van der Waals surface area contributed by atoms with Crippen molar-refractivity contribution in [3.8, 4) is 0 Å². The summed E-state index contributed by atoms with van der Waals surface area (Å²) in [6.07, 6.45) is 0. The van der Waals surface area contributed by atoms with Gasteiger partial charge in [-0.3, -0.25) is 4.79 Å². The first-order valence-corrected chi connectivity index (χ1v) is 8.80. The highest BCUT2D eigenvalue weighted by molar-refractivity contribution is 9.13. The summed E-state index contributed by atoms with van der Waals surface area (Å²) in [6.45, 7) is 4.04. The van der Waals surface area contributed by atoms with Gasteiger partial charge < -0.3 is 5.32 Å². The molecule has 1 unspecified atom stereocenters. The van der Waals surface area contributed by atoms with Crippen LogP contribution in [0.4, 0.5) is 4.39 Å². The Hall–Kier alpha value is -0.720. The molecule has 6 heteroatoms. The Balaban J connectivity index is 2.20. The van der Waals surface area contributed by atoms with E-state index in [1.54, 1.807) is 18.2 Å². The minimum absolute atomic E-state index is 0.130.